The molecule has 0 spiro atoms. The van der Waals surface area contributed by atoms with Gasteiger partial charge in [-0.05, 0) is 57.4 Å². The van der Waals surface area contributed by atoms with Gasteiger partial charge in [-0.3, -0.25) is 9.20 Å². The van der Waals surface area contributed by atoms with Gasteiger partial charge in [0.1, 0.15) is 22.8 Å². The smallest absolute Gasteiger partial charge is 0.250 e. The highest BCUT2D eigenvalue weighted by Crippen LogP contribution is 2.35. The van der Waals surface area contributed by atoms with Gasteiger partial charge in [0.05, 0.1) is 0 Å². The Bertz CT molecular complexity index is 1560. The van der Waals surface area contributed by atoms with Gasteiger partial charge >= 0.3 is 0 Å². The van der Waals surface area contributed by atoms with Crippen molar-refractivity contribution in [1.82, 2.24) is 29.2 Å². The number of pyridine rings is 2. The lowest BCUT2D eigenvalue weighted by atomic mass is 9.82. The van der Waals surface area contributed by atoms with Gasteiger partial charge < -0.3 is 15.0 Å². The van der Waals surface area contributed by atoms with E-state index in [1.807, 2.05) is 19.9 Å². The monoisotopic (exact) mass is 474 g/mol. The summed E-state index contributed by atoms with van der Waals surface area (Å²) >= 11 is 0. The van der Waals surface area contributed by atoms with Crippen LogP contribution in [-0.2, 0) is 7.05 Å². The summed E-state index contributed by atoms with van der Waals surface area (Å²) in [5, 5.41) is 14.2. The third-order valence-electron chi connectivity index (χ3n) is 6.08. The Labute approximate surface area is 201 Å². The molecular formula is C26H27FN6O2. The molecule has 0 aromatic carbocycles. The second-order valence-corrected chi connectivity index (χ2v) is 10.3. The van der Waals surface area contributed by atoms with E-state index < -0.39 is 5.82 Å². The van der Waals surface area contributed by atoms with Crippen LogP contribution in [0.5, 0.6) is 5.75 Å². The minimum atomic E-state index is -0.445. The van der Waals surface area contributed by atoms with Crippen LogP contribution < -0.4 is 10.9 Å². The van der Waals surface area contributed by atoms with Crippen LogP contribution in [0.3, 0.4) is 0 Å². The van der Waals surface area contributed by atoms with Crippen molar-refractivity contribution in [2.45, 2.75) is 45.2 Å². The van der Waals surface area contributed by atoms with E-state index >= 15 is 4.39 Å². The third-order valence-corrected chi connectivity index (χ3v) is 6.08. The molecule has 0 saturated carbocycles. The van der Waals surface area contributed by atoms with E-state index in [2.05, 4.69) is 34.1 Å². The minimum Gasteiger partial charge on any atom is -0.506 e. The summed E-state index contributed by atoms with van der Waals surface area (Å²) in [7, 11) is 1.67. The lowest BCUT2D eigenvalue weighted by Gasteiger charge is -2.41. The average molecular weight is 475 g/mol. The fraction of sp³-hybridized carbons (Fsp3) is 0.308. The molecule has 1 aliphatic heterocycles. The molecule has 0 unspecified atom stereocenters. The first-order valence-corrected chi connectivity index (χ1v) is 11.3. The fourth-order valence-corrected chi connectivity index (χ4v) is 4.84. The van der Waals surface area contributed by atoms with Crippen LogP contribution in [0.1, 0.15) is 39.8 Å². The van der Waals surface area contributed by atoms with Crippen LogP contribution in [0.2, 0.25) is 0 Å². The zero-order chi connectivity index (χ0) is 25.1. The molecule has 1 aliphatic rings. The van der Waals surface area contributed by atoms with E-state index in [1.165, 1.54) is 27.3 Å². The summed E-state index contributed by atoms with van der Waals surface area (Å²) in [6.07, 6.45) is 8.78. The predicted molar refractivity (Wildman–Crippen MR) is 132 cm³/mol. The summed E-state index contributed by atoms with van der Waals surface area (Å²) in [5.74, 6) is -0.237. The Kier molecular flexibility index (Phi) is 5.14. The van der Waals surface area contributed by atoms with E-state index in [-0.39, 0.29) is 33.8 Å². The molecule has 0 atom stereocenters. The quantitative estimate of drug-likeness (QED) is 0.467. The van der Waals surface area contributed by atoms with E-state index in [4.69, 9.17) is 0 Å². The summed E-state index contributed by atoms with van der Waals surface area (Å²) in [5.41, 5.74) is 2.27. The Morgan fingerprint density at radius 1 is 1.09 bits per heavy atom. The molecule has 4 aromatic heterocycles. The first-order valence-electron chi connectivity index (χ1n) is 11.3. The molecule has 0 aliphatic carbocycles. The summed E-state index contributed by atoms with van der Waals surface area (Å²) < 4.78 is 18.1. The molecule has 9 heteroatoms. The van der Waals surface area contributed by atoms with E-state index in [9.17, 15) is 9.90 Å². The number of fused-ring (bicyclic) bond motifs is 1. The number of hydrogen-bond donors (Lipinski definition) is 2. The van der Waals surface area contributed by atoms with Crippen LogP contribution in [0.25, 0.3) is 33.9 Å². The van der Waals surface area contributed by atoms with Crippen molar-refractivity contribution in [2.75, 3.05) is 0 Å². The zero-order valence-corrected chi connectivity index (χ0v) is 20.3. The first-order chi connectivity index (χ1) is 16.4. The number of imidazole rings is 1. The SMILES string of the molecule is Cn1ccc(-c2cnc(-c3cn4cc(F)c(C5=CC(C)(C)NC(C)(C)C5)nc4n3)c(O)c2)cc1=O. The Balaban J connectivity index is 1.54. The maximum absolute atomic E-state index is 15.1. The standard InChI is InChI=1S/C26H27FN6O2/c1-25(2)10-17(11-26(3,4)31-25)22-18(27)13-33-14-19(29-24(33)30-22)23-20(34)8-16(12-28-23)15-6-7-32(5)21(35)9-15/h6-10,12-14,31,34H,11H2,1-5H3. The topological polar surface area (TPSA) is 97.3 Å². The molecular weight excluding hydrogens is 447 g/mol. The molecule has 0 radical (unpaired) electrons. The number of aromatic hydroxyl groups is 1. The van der Waals surface area contributed by atoms with Crippen molar-refractivity contribution in [3.8, 4) is 28.3 Å². The Morgan fingerprint density at radius 3 is 2.54 bits per heavy atom. The first kappa shape index (κ1) is 22.9. The van der Waals surface area contributed by atoms with E-state index in [0.29, 0.717) is 29.0 Å². The predicted octanol–water partition coefficient (Wildman–Crippen LogP) is 3.94. The van der Waals surface area contributed by atoms with Crippen LogP contribution in [0.15, 0.2) is 53.9 Å². The minimum absolute atomic E-state index is 0.100. The number of hydrogen-bond acceptors (Lipinski definition) is 6. The lowest BCUT2D eigenvalue weighted by Crippen LogP contribution is -2.53. The van der Waals surface area contributed by atoms with Gasteiger partial charge in [0.25, 0.3) is 5.56 Å². The summed E-state index contributed by atoms with van der Waals surface area (Å²) in [6.45, 7) is 8.25. The highest BCUT2D eigenvalue weighted by atomic mass is 19.1. The molecule has 4 aromatic rings. The maximum Gasteiger partial charge on any atom is 0.250 e. The molecule has 0 saturated heterocycles. The lowest BCUT2D eigenvalue weighted by molar-refractivity contribution is 0.296. The van der Waals surface area contributed by atoms with Crippen LogP contribution in [0, 0.1) is 5.82 Å². The Hall–Kier alpha value is -3.85. The highest BCUT2D eigenvalue weighted by molar-refractivity contribution is 5.72. The maximum atomic E-state index is 15.1. The molecule has 5 rings (SSSR count). The highest BCUT2D eigenvalue weighted by Gasteiger charge is 2.34. The van der Waals surface area contributed by atoms with Gasteiger partial charge in [-0.2, -0.15) is 0 Å². The van der Waals surface area contributed by atoms with Crippen LogP contribution in [0.4, 0.5) is 4.39 Å². The Morgan fingerprint density at radius 2 is 1.86 bits per heavy atom. The fourth-order valence-electron chi connectivity index (χ4n) is 4.84. The van der Waals surface area contributed by atoms with E-state index in [0.717, 1.165) is 5.57 Å². The van der Waals surface area contributed by atoms with Crippen molar-refractivity contribution in [2.24, 2.45) is 7.05 Å². The van der Waals surface area contributed by atoms with Crippen LogP contribution >= 0.6 is 0 Å². The number of aromatic nitrogens is 5. The molecule has 0 fully saturated rings. The second kappa shape index (κ2) is 7.84. The molecule has 35 heavy (non-hydrogen) atoms. The molecule has 0 amide bonds. The summed E-state index contributed by atoms with van der Waals surface area (Å²) in [4.78, 5) is 25.3. The van der Waals surface area contributed by atoms with Crippen molar-refractivity contribution >= 4 is 11.4 Å². The summed E-state index contributed by atoms with van der Waals surface area (Å²) in [6, 6.07) is 4.78. The van der Waals surface area contributed by atoms with Gasteiger partial charge in [0, 0.05) is 54.5 Å². The molecule has 5 heterocycles. The largest absolute Gasteiger partial charge is 0.506 e. The van der Waals surface area contributed by atoms with Gasteiger partial charge in [-0.25, -0.2) is 19.3 Å². The van der Waals surface area contributed by atoms with E-state index in [1.54, 1.807) is 31.7 Å². The van der Waals surface area contributed by atoms with Gasteiger partial charge in [-0.15, -0.1) is 0 Å². The number of halogens is 1. The van der Waals surface area contributed by atoms with Crippen molar-refractivity contribution in [3.05, 3.63) is 70.9 Å². The van der Waals surface area contributed by atoms with Crippen molar-refractivity contribution in [1.29, 1.82) is 0 Å². The number of nitrogens with zero attached hydrogens (tertiary/aromatic N) is 5. The molecule has 180 valence electrons. The van der Waals surface area contributed by atoms with Gasteiger partial charge in [-0.1, -0.05) is 6.08 Å². The van der Waals surface area contributed by atoms with Gasteiger partial charge in [0.2, 0.25) is 5.78 Å². The third kappa shape index (κ3) is 4.35. The number of rotatable bonds is 3. The van der Waals surface area contributed by atoms with Crippen LogP contribution in [-0.4, -0.2) is 40.1 Å². The average Bonchev–Trinajstić information content (AvgIpc) is 3.15. The molecule has 8 nitrogen and oxygen atoms in total. The van der Waals surface area contributed by atoms with Crippen molar-refractivity contribution < 1.29 is 9.50 Å². The van der Waals surface area contributed by atoms with Gasteiger partial charge in [0.15, 0.2) is 5.82 Å². The molecule has 0 bridgehead atoms. The van der Waals surface area contributed by atoms with Crippen molar-refractivity contribution in [3.63, 3.8) is 0 Å². The number of nitrogens with one attached hydrogen (secondary N) is 1. The zero-order valence-electron chi connectivity index (χ0n) is 20.3. The normalized spacial score (nSPS) is 16.9. The number of aryl methyl sites for hydroxylation is 1. The second-order valence-electron chi connectivity index (χ2n) is 10.3. The molecule has 2 N–H and O–H groups in total.